The van der Waals surface area contributed by atoms with E-state index in [0.717, 1.165) is 5.56 Å². The fraction of sp³-hybridized carbons (Fsp3) is 0.333. The first-order chi connectivity index (χ1) is 9.72. The maximum Gasteiger partial charge on any atom is 0.249 e. The largest absolute Gasteiger partial charge is 0.352 e. The highest BCUT2D eigenvalue weighted by Gasteiger charge is 2.22. The molecule has 0 aliphatic rings. The standard InChI is InChI=1S/C15H20N4O.ClH/c1-12(16-2)11-17-15(20)14(19-10-6-9-18-19)13-7-4-3-5-8-13;/h3-10,12,14,16H,11H2,1-2H3,(H,17,20);1H. The Bertz CT molecular complexity index is 530. The van der Waals surface area contributed by atoms with Crippen LogP contribution in [0.1, 0.15) is 18.5 Å². The summed E-state index contributed by atoms with van der Waals surface area (Å²) in [6, 6.07) is 11.3. The van der Waals surface area contributed by atoms with Crippen molar-refractivity contribution in [1.29, 1.82) is 0 Å². The lowest BCUT2D eigenvalue weighted by atomic mass is 10.1. The molecule has 21 heavy (non-hydrogen) atoms. The minimum atomic E-state index is -0.435. The molecule has 2 aromatic rings. The Kier molecular flexibility index (Phi) is 6.91. The normalized spacial score (nSPS) is 13.0. The highest BCUT2D eigenvalue weighted by atomic mass is 35.5. The number of likely N-dealkylation sites (N-methyl/N-ethyl adjacent to an activating group) is 1. The predicted molar refractivity (Wildman–Crippen MR) is 85.6 cm³/mol. The van der Waals surface area contributed by atoms with Crippen LogP contribution >= 0.6 is 12.4 Å². The molecule has 0 aliphatic carbocycles. The topological polar surface area (TPSA) is 58.9 Å². The van der Waals surface area contributed by atoms with Gasteiger partial charge >= 0.3 is 0 Å². The molecule has 2 unspecified atom stereocenters. The van der Waals surface area contributed by atoms with Crippen molar-refractivity contribution in [3.8, 4) is 0 Å². The quantitative estimate of drug-likeness (QED) is 0.852. The van der Waals surface area contributed by atoms with Crippen LogP contribution in [-0.4, -0.2) is 35.3 Å². The molecular formula is C15H21ClN4O. The van der Waals surface area contributed by atoms with Crippen LogP contribution in [0.4, 0.5) is 0 Å². The lowest BCUT2D eigenvalue weighted by Gasteiger charge is -2.19. The average Bonchev–Trinajstić information content (AvgIpc) is 3.00. The van der Waals surface area contributed by atoms with E-state index in [4.69, 9.17) is 0 Å². The number of nitrogens with zero attached hydrogens (tertiary/aromatic N) is 2. The zero-order valence-corrected chi connectivity index (χ0v) is 13.0. The first-order valence-corrected chi connectivity index (χ1v) is 6.71. The summed E-state index contributed by atoms with van der Waals surface area (Å²) < 4.78 is 1.68. The molecule has 1 heterocycles. The molecule has 1 aromatic carbocycles. The summed E-state index contributed by atoms with van der Waals surface area (Å²) in [5.41, 5.74) is 0.922. The molecule has 0 fully saturated rings. The average molecular weight is 309 g/mol. The second-order valence-corrected chi connectivity index (χ2v) is 4.73. The number of carbonyl (C=O) groups is 1. The van der Waals surface area contributed by atoms with Crippen molar-refractivity contribution >= 4 is 18.3 Å². The van der Waals surface area contributed by atoms with E-state index in [9.17, 15) is 4.79 Å². The third-order valence-electron chi connectivity index (χ3n) is 3.23. The maximum absolute atomic E-state index is 12.5. The Balaban J connectivity index is 0.00000220. The molecule has 6 heteroatoms. The summed E-state index contributed by atoms with van der Waals surface area (Å²) in [6.45, 7) is 2.60. The summed E-state index contributed by atoms with van der Waals surface area (Å²) in [6.07, 6.45) is 3.48. The Labute approximate surface area is 131 Å². The first kappa shape index (κ1) is 17.2. The molecule has 0 bridgehead atoms. The smallest absolute Gasteiger partial charge is 0.249 e. The van der Waals surface area contributed by atoms with Gasteiger partial charge in [-0.3, -0.25) is 9.48 Å². The van der Waals surface area contributed by atoms with E-state index < -0.39 is 6.04 Å². The summed E-state index contributed by atoms with van der Waals surface area (Å²) in [7, 11) is 1.87. The Morgan fingerprint density at radius 1 is 1.29 bits per heavy atom. The van der Waals surface area contributed by atoms with Gasteiger partial charge in [0.2, 0.25) is 5.91 Å². The molecule has 0 spiro atoms. The third-order valence-corrected chi connectivity index (χ3v) is 3.23. The number of hydrogen-bond donors (Lipinski definition) is 2. The number of benzene rings is 1. The van der Waals surface area contributed by atoms with Crippen molar-refractivity contribution in [2.45, 2.75) is 19.0 Å². The lowest BCUT2D eigenvalue weighted by Crippen LogP contribution is -2.41. The van der Waals surface area contributed by atoms with Crippen molar-refractivity contribution in [1.82, 2.24) is 20.4 Å². The monoisotopic (exact) mass is 308 g/mol. The van der Waals surface area contributed by atoms with E-state index in [1.807, 2.05) is 50.4 Å². The predicted octanol–water partition coefficient (Wildman–Crippen LogP) is 1.62. The second kappa shape index (κ2) is 8.44. The van der Waals surface area contributed by atoms with Gasteiger partial charge in [-0.2, -0.15) is 5.10 Å². The van der Waals surface area contributed by atoms with Gasteiger partial charge < -0.3 is 10.6 Å². The van der Waals surface area contributed by atoms with Gasteiger partial charge in [0.15, 0.2) is 6.04 Å². The minimum Gasteiger partial charge on any atom is -0.352 e. The van der Waals surface area contributed by atoms with Gasteiger partial charge in [0.25, 0.3) is 0 Å². The zero-order chi connectivity index (χ0) is 14.4. The van der Waals surface area contributed by atoms with E-state index in [1.54, 1.807) is 17.1 Å². The molecule has 5 nitrogen and oxygen atoms in total. The van der Waals surface area contributed by atoms with E-state index in [-0.39, 0.29) is 24.4 Å². The van der Waals surface area contributed by atoms with Crippen molar-refractivity contribution in [3.63, 3.8) is 0 Å². The Morgan fingerprint density at radius 3 is 2.57 bits per heavy atom. The highest BCUT2D eigenvalue weighted by molar-refractivity contribution is 5.85. The summed E-state index contributed by atoms with van der Waals surface area (Å²) in [5, 5.41) is 10.3. The van der Waals surface area contributed by atoms with Crippen LogP contribution in [0, 0.1) is 0 Å². The fourth-order valence-electron chi connectivity index (χ4n) is 1.95. The van der Waals surface area contributed by atoms with Crippen molar-refractivity contribution in [2.75, 3.05) is 13.6 Å². The number of rotatable bonds is 6. The van der Waals surface area contributed by atoms with Crippen molar-refractivity contribution < 1.29 is 4.79 Å². The van der Waals surface area contributed by atoms with Gasteiger partial charge in [0.1, 0.15) is 0 Å². The molecule has 1 aromatic heterocycles. The van der Waals surface area contributed by atoms with Gasteiger partial charge in [-0.1, -0.05) is 30.3 Å². The highest BCUT2D eigenvalue weighted by Crippen LogP contribution is 2.17. The molecule has 114 valence electrons. The third kappa shape index (κ3) is 4.58. The number of aromatic nitrogens is 2. The van der Waals surface area contributed by atoms with Gasteiger partial charge in [0, 0.05) is 25.0 Å². The van der Waals surface area contributed by atoms with Crippen LogP contribution in [-0.2, 0) is 4.79 Å². The van der Waals surface area contributed by atoms with E-state index in [0.29, 0.717) is 6.54 Å². The Morgan fingerprint density at radius 2 is 2.00 bits per heavy atom. The van der Waals surface area contributed by atoms with Crippen LogP contribution in [0.15, 0.2) is 48.8 Å². The molecule has 0 saturated heterocycles. The van der Waals surface area contributed by atoms with Crippen molar-refractivity contribution in [2.24, 2.45) is 0 Å². The second-order valence-electron chi connectivity index (χ2n) is 4.73. The van der Waals surface area contributed by atoms with Gasteiger partial charge in [0.05, 0.1) is 0 Å². The molecule has 2 atom stereocenters. The number of carbonyl (C=O) groups excluding carboxylic acids is 1. The molecule has 0 aliphatic heterocycles. The van der Waals surface area contributed by atoms with Crippen LogP contribution in [0.3, 0.4) is 0 Å². The maximum atomic E-state index is 12.5. The molecule has 0 radical (unpaired) electrons. The molecule has 2 rings (SSSR count). The van der Waals surface area contributed by atoms with Crippen LogP contribution < -0.4 is 10.6 Å². The number of halogens is 1. The summed E-state index contributed by atoms with van der Waals surface area (Å²) in [5.74, 6) is -0.0537. The lowest BCUT2D eigenvalue weighted by molar-refractivity contribution is -0.123. The molecule has 1 amide bonds. The van der Waals surface area contributed by atoms with Gasteiger partial charge in [-0.05, 0) is 25.6 Å². The molecule has 2 N–H and O–H groups in total. The minimum absolute atomic E-state index is 0. The van der Waals surface area contributed by atoms with Crippen LogP contribution in [0.25, 0.3) is 0 Å². The SMILES string of the molecule is CNC(C)CNC(=O)C(c1ccccc1)n1cccn1.Cl. The number of amides is 1. The molecule has 0 saturated carbocycles. The van der Waals surface area contributed by atoms with Gasteiger partial charge in [-0.25, -0.2) is 0 Å². The van der Waals surface area contributed by atoms with Crippen LogP contribution in [0.2, 0.25) is 0 Å². The summed E-state index contributed by atoms with van der Waals surface area (Å²) >= 11 is 0. The number of nitrogens with one attached hydrogen (secondary N) is 2. The van der Waals surface area contributed by atoms with Crippen molar-refractivity contribution in [3.05, 3.63) is 54.4 Å². The van der Waals surface area contributed by atoms with E-state index in [1.165, 1.54) is 0 Å². The number of hydrogen-bond acceptors (Lipinski definition) is 3. The molecular weight excluding hydrogens is 288 g/mol. The van der Waals surface area contributed by atoms with E-state index >= 15 is 0 Å². The fourth-order valence-corrected chi connectivity index (χ4v) is 1.95. The summed E-state index contributed by atoms with van der Waals surface area (Å²) in [4.78, 5) is 12.5. The van der Waals surface area contributed by atoms with E-state index in [2.05, 4.69) is 15.7 Å². The Hall–Kier alpha value is -1.85. The zero-order valence-electron chi connectivity index (χ0n) is 12.2. The van der Waals surface area contributed by atoms with Gasteiger partial charge in [-0.15, -0.1) is 12.4 Å². The van der Waals surface area contributed by atoms with Crippen LogP contribution in [0.5, 0.6) is 0 Å². The first-order valence-electron chi connectivity index (χ1n) is 6.71.